The summed E-state index contributed by atoms with van der Waals surface area (Å²) < 4.78 is 216. The summed E-state index contributed by atoms with van der Waals surface area (Å²) in [5, 5.41) is 8.58. The molecular weight excluding hydrogens is 713 g/mol. The molecule has 0 saturated heterocycles. The number of anilines is 2. The molecule has 0 aliphatic rings. The van der Waals surface area contributed by atoms with E-state index in [1.54, 1.807) is 6.07 Å². The van der Waals surface area contributed by atoms with Crippen LogP contribution in [0.2, 0.25) is 0 Å². The van der Waals surface area contributed by atoms with Crippen LogP contribution in [-0.2, 0) is 12.4 Å². The Labute approximate surface area is 265 Å². The van der Waals surface area contributed by atoms with Crippen LogP contribution in [0.5, 0.6) is 0 Å². The van der Waals surface area contributed by atoms with Gasteiger partial charge in [-0.15, -0.1) is 0 Å². The third-order valence-corrected chi connectivity index (χ3v) is 6.02. The summed E-state index contributed by atoms with van der Waals surface area (Å²) in [5.41, 5.74) is -5.32. The lowest BCUT2D eigenvalue weighted by Crippen LogP contribution is -2.40. The first-order chi connectivity index (χ1) is 22.2. The Bertz CT molecular complexity index is 1530. The van der Waals surface area contributed by atoms with Crippen molar-refractivity contribution < 1.29 is 74.6 Å². The fraction of sp³-hybridized carbons (Fsp3) is 0.345. The van der Waals surface area contributed by atoms with Crippen LogP contribution in [0.3, 0.4) is 0 Å². The number of benzene rings is 3. The van der Waals surface area contributed by atoms with Crippen molar-refractivity contribution in [2.24, 2.45) is 0 Å². The molecular formula is C29H20F17N3. The minimum absolute atomic E-state index is 0.0844. The zero-order valence-corrected chi connectivity index (χ0v) is 24.0. The average molecular weight is 733 g/mol. The summed E-state index contributed by atoms with van der Waals surface area (Å²) in [6.07, 6.45) is -28.1. The van der Waals surface area contributed by atoms with Gasteiger partial charge in [0.1, 0.15) is 19.6 Å². The predicted octanol–water partition coefficient (Wildman–Crippen LogP) is 10.5. The average Bonchev–Trinajstić information content (AvgIpc) is 2.93. The molecule has 0 fully saturated rings. The Morgan fingerprint density at radius 1 is 0.551 bits per heavy atom. The standard InChI is InChI=1S/C17H12F9N.C12H8F8N2/c18-15(19,20)9-27(10-16(21,22)23)12-6-7-13(11-4-2-1-3-5-11)14(8-12)17(24,25)26;13-10(14)5-22(6-11(15,16)17)8-2-1-7(4-21)9(3-8)12(18,19)20/h1-8H,9-10H2;1-3,10H,5-6H2. The maximum Gasteiger partial charge on any atom is 0.417 e. The van der Waals surface area contributed by atoms with E-state index in [4.69, 9.17) is 5.26 Å². The van der Waals surface area contributed by atoms with Gasteiger partial charge in [-0.25, -0.2) is 8.78 Å². The summed E-state index contributed by atoms with van der Waals surface area (Å²) in [6.45, 7) is -7.29. The molecule has 49 heavy (non-hydrogen) atoms. The lowest BCUT2D eigenvalue weighted by Gasteiger charge is -2.28. The van der Waals surface area contributed by atoms with Gasteiger partial charge < -0.3 is 9.80 Å². The van der Waals surface area contributed by atoms with Crippen molar-refractivity contribution in [3.63, 3.8) is 0 Å². The number of nitriles is 1. The summed E-state index contributed by atoms with van der Waals surface area (Å²) in [5.74, 6) is 0. The molecule has 270 valence electrons. The first-order valence-corrected chi connectivity index (χ1v) is 13.1. The molecule has 3 aromatic rings. The normalized spacial score (nSPS) is 12.7. The van der Waals surface area contributed by atoms with E-state index in [1.807, 2.05) is 0 Å². The van der Waals surface area contributed by atoms with Crippen molar-refractivity contribution in [2.75, 3.05) is 36.0 Å². The number of rotatable bonds is 8. The number of halogens is 17. The van der Waals surface area contributed by atoms with Gasteiger partial charge in [-0.1, -0.05) is 36.4 Å². The highest BCUT2D eigenvalue weighted by molar-refractivity contribution is 5.71. The van der Waals surface area contributed by atoms with E-state index >= 15 is 0 Å². The highest BCUT2D eigenvalue weighted by Gasteiger charge is 2.40. The molecule has 0 radical (unpaired) electrons. The molecule has 3 aromatic carbocycles. The first kappa shape index (κ1) is 40.7. The second kappa shape index (κ2) is 15.4. The van der Waals surface area contributed by atoms with Gasteiger partial charge in [0.05, 0.1) is 29.3 Å². The van der Waals surface area contributed by atoms with E-state index in [0.717, 1.165) is 18.2 Å². The Balaban J connectivity index is 0.000000348. The minimum atomic E-state index is -5.03. The maximum absolute atomic E-state index is 13.4. The summed E-state index contributed by atoms with van der Waals surface area (Å²) >= 11 is 0. The number of hydrogen-bond acceptors (Lipinski definition) is 3. The van der Waals surface area contributed by atoms with Gasteiger partial charge in [0, 0.05) is 11.4 Å². The van der Waals surface area contributed by atoms with Crippen molar-refractivity contribution in [3.05, 3.63) is 83.4 Å². The number of nitrogens with zero attached hydrogens (tertiary/aromatic N) is 3. The second-order valence-corrected chi connectivity index (χ2v) is 9.91. The Hall–Kier alpha value is -4.44. The number of hydrogen-bond donors (Lipinski definition) is 0. The molecule has 3 nitrogen and oxygen atoms in total. The molecule has 0 amide bonds. The summed E-state index contributed by atoms with van der Waals surface area (Å²) in [4.78, 5) is -0.0922. The molecule has 0 aromatic heterocycles. The molecule has 0 spiro atoms. The Kier molecular flexibility index (Phi) is 12.8. The quantitative estimate of drug-likeness (QED) is 0.216. The fourth-order valence-electron chi connectivity index (χ4n) is 4.21. The van der Waals surface area contributed by atoms with Crippen molar-refractivity contribution in [1.82, 2.24) is 0 Å². The summed E-state index contributed by atoms with van der Waals surface area (Å²) in [7, 11) is 0. The minimum Gasteiger partial charge on any atom is -0.357 e. The monoisotopic (exact) mass is 733 g/mol. The molecule has 0 unspecified atom stereocenters. The van der Waals surface area contributed by atoms with Gasteiger partial charge in [0.2, 0.25) is 0 Å². The van der Waals surface area contributed by atoms with E-state index in [0.29, 0.717) is 12.1 Å². The molecule has 0 bridgehead atoms. The first-order valence-electron chi connectivity index (χ1n) is 13.1. The van der Waals surface area contributed by atoms with Crippen molar-refractivity contribution in [3.8, 4) is 17.2 Å². The van der Waals surface area contributed by atoms with Crippen LogP contribution in [-0.4, -0.2) is 51.1 Å². The van der Waals surface area contributed by atoms with E-state index in [-0.39, 0.29) is 27.0 Å². The third-order valence-electron chi connectivity index (χ3n) is 6.02. The van der Waals surface area contributed by atoms with Gasteiger partial charge in [-0.3, -0.25) is 0 Å². The van der Waals surface area contributed by atoms with Crippen LogP contribution in [0, 0.1) is 11.3 Å². The van der Waals surface area contributed by atoms with Crippen LogP contribution in [0.1, 0.15) is 16.7 Å². The largest absolute Gasteiger partial charge is 0.417 e. The SMILES string of the molecule is FC(F)(F)CN(CC(F)(F)F)c1ccc(-c2ccccc2)c(C(F)(F)F)c1.N#Cc1ccc(N(CC(F)F)CC(F)(F)F)cc1C(F)(F)F. The molecule has 0 saturated carbocycles. The fourth-order valence-corrected chi connectivity index (χ4v) is 4.21. The van der Waals surface area contributed by atoms with E-state index < -0.39 is 91.6 Å². The molecule has 0 aliphatic heterocycles. The highest BCUT2D eigenvalue weighted by atomic mass is 19.4. The molecule has 0 aliphatic carbocycles. The molecule has 0 heterocycles. The zero-order chi connectivity index (χ0) is 37.6. The highest BCUT2D eigenvalue weighted by Crippen LogP contribution is 2.40. The van der Waals surface area contributed by atoms with Crippen molar-refractivity contribution >= 4 is 11.4 Å². The van der Waals surface area contributed by atoms with E-state index in [1.165, 1.54) is 30.3 Å². The van der Waals surface area contributed by atoms with Crippen molar-refractivity contribution in [2.45, 2.75) is 37.3 Å². The molecule has 0 atom stereocenters. The van der Waals surface area contributed by atoms with Crippen LogP contribution >= 0.6 is 0 Å². The maximum atomic E-state index is 13.4. The molecule has 3 rings (SSSR count). The van der Waals surface area contributed by atoms with Crippen molar-refractivity contribution in [1.29, 1.82) is 5.26 Å². The number of alkyl halides is 17. The van der Waals surface area contributed by atoms with Crippen LogP contribution in [0.4, 0.5) is 86.0 Å². The van der Waals surface area contributed by atoms with Crippen LogP contribution in [0.25, 0.3) is 11.1 Å². The third kappa shape index (κ3) is 13.5. The second-order valence-electron chi connectivity index (χ2n) is 9.91. The van der Waals surface area contributed by atoms with E-state index in [2.05, 4.69) is 0 Å². The van der Waals surface area contributed by atoms with Gasteiger partial charge in [0.25, 0.3) is 6.43 Å². The van der Waals surface area contributed by atoms with Crippen LogP contribution in [0.15, 0.2) is 66.7 Å². The Morgan fingerprint density at radius 2 is 0.980 bits per heavy atom. The lowest BCUT2D eigenvalue weighted by atomic mass is 9.98. The van der Waals surface area contributed by atoms with Crippen LogP contribution < -0.4 is 9.80 Å². The smallest absolute Gasteiger partial charge is 0.357 e. The molecule has 0 N–H and O–H groups in total. The Morgan fingerprint density at radius 3 is 1.41 bits per heavy atom. The zero-order valence-electron chi connectivity index (χ0n) is 24.0. The predicted molar refractivity (Wildman–Crippen MR) is 142 cm³/mol. The van der Waals surface area contributed by atoms with E-state index in [9.17, 15) is 74.6 Å². The van der Waals surface area contributed by atoms with Gasteiger partial charge in [0.15, 0.2) is 0 Å². The van der Waals surface area contributed by atoms with Gasteiger partial charge in [-0.05, 0) is 41.5 Å². The summed E-state index contributed by atoms with van der Waals surface area (Å²) in [6, 6.07) is 12.1. The lowest BCUT2D eigenvalue weighted by molar-refractivity contribution is -0.139. The van der Waals surface area contributed by atoms with Gasteiger partial charge >= 0.3 is 30.9 Å². The van der Waals surface area contributed by atoms with Gasteiger partial charge in [-0.2, -0.15) is 71.1 Å². The topological polar surface area (TPSA) is 30.3 Å². The molecule has 20 heteroatoms.